The number of benzene rings is 2. The molecule has 0 radical (unpaired) electrons. The molecule has 6 heteroatoms. The van der Waals surface area contributed by atoms with E-state index in [0.717, 1.165) is 22.2 Å². The third-order valence-corrected chi connectivity index (χ3v) is 3.64. The van der Waals surface area contributed by atoms with Crippen molar-refractivity contribution in [2.75, 3.05) is 11.9 Å². The minimum atomic E-state index is -0.294. The summed E-state index contributed by atoms with van der Waals surface area (Å²) in [7, 11) is 0. The molecule has 3 aromatic rings. The molecular weight excluding hydrogens is 304 g/mol. The number of anilines is 1. The molecule has 122 valence electrons. The minimum absolute atomic E-state index is 0.148. The molecule has 2 amide bonds. The molecule has 24 heavy (non-hydrogen) atoms. The van der Waals surface area contributed by atoms with E-state index in [1.165, 1.54) is 0 Å². The topological polar surface area (TPSA) is 86.9 Å². The fraction of sp³-hybridized carbons (Fsp3) is 0.167. The molecule has 3 rings (SSSR count). The molecule has 0 aliphatic heterocycles. The molecule has 0 spiro atoms. The van der Waals surface area contributed by atoms with Crippen molar-refractivity contribution in [1.82, 2.24) is 15.5 Å². The average molecular weight is 322 g/mol. The van der Waals surface area contributed by atoms with Crippen molar-refractivity contribution in [2.45, 2.75) is 13.3 Å². The van der Waals surface area contributed by atoms with Gasteiger partial charge < -0.3 is 10.6 Å². The zero-order valence-electron chi connectivity index (χ0n) is 13.3. The lowest BCUT2D eigenvalue weighted by atomic mass is 10.1. The number of carbonyl (C=O) groups is 2. The second-order valence-electron chi connectivity index (χ2n) is 5.52. The number of amides is 2. The highest BCUT2D eigenvalue weighted by Gasteiger charge is 2.10. The van der Waals surface area contributed by atoms with Gasteiger partial charge in [0.05, 0.1) is 0 Å². The first-order valence-electron chi connectivity index (χ1n) is 7.71. The Morgan fingerprint density at radius 1 is 1.12 bits per heavy atom. The van der Waals surface area contributed by atoms with Crippen LogP contribution in [0.25, 0.3) is 10.8 Å². The Labute approximate surface area is 139 Å². The van der Waals surface area contributed by atoms with Crippen LogP contribution in [-0.2, 0) is 4.79 Å². The van der Waals surface area contributed by atoms with Crippen molar-refractivity contribution >= 4 is 28.3 Å². The zero-order valence-corrected chi connectivity index (χ0v) is 13.3. The van der Waals surface area contributed by atoms with Gasteiger partial charge in [-0.25, -0.2) is 0 Å². The van der Waals surface area contributed by atoms with Gasteiger partial charge in [0, 0.05) is 29.7 Å². The molecule has 1 aromatic heterocycles. The molecule has 2 aromatic carbocycles. The van der Waals surface area contributed by atoms with Gasteiger partial charge in [-0.2, -0.15) is 5.10 Å². The summed E-state index contributed by atoms with van der Waals surface area (Å²) in [4.78, 5) is 23.9. The first-order valence-corrected chi connectivity index (χ1v) is 7.71. The van der Waals surface area contributed by atoms with Gasteiger partial charge in [-0.3, -0.25) is 14.7 Å². The van der Waals surface area contributed by atoms with Crippen LogP contribution in [0.4, 0.5) is 5.69 Å². The van der Waals surface area contributed by atoms with Gasteiger partial charge in [0.25, 0.3) is 5.91 Å². The van der Waals surface area contributed by atoms with E-state index < -0.39 is 0 Å². The Balaban J connectivity index is 1.55. The fourth-order valence-corrected chi connectivity index (χ4v) is 2.46. The summed E-state index contributed by atoms with van der Waals surface area (Å²) in [5, 5.41) is 14.2. The minimum Gasteiger partial charge on any atom is -0.350 e. The van der Waals surface area contributed by atoms with Crippen molar-refractivity contribution in [3.8, 4) is 0 Å². The number of nitrogens with one attached hydrogen (secondary N) is 3. The van der Waals surface area contributed by atoms with Crippen molar-refractivity contribution in [3.63, 3.8) is 0 Å². The molecule has 0 bridgehead atoms. The van der Waals surface area contributed by atoms with Crippen LogP contribution in [0.3, 0.4) is 0 Å². The van der Waals surface area contributed by atoms with Crippen LogP contribution in [0.2, 0.25) is 0 Å². The highest BCUT2D eigenvalue weighted by Crippen LogP contribution is 2.22. The highest BCUT2D eigenvalue weighted by atomic mass is 16.2. The lowest BCUT2D eigenvalue weighted by Gasteiger charge is -2.09. The van der Waals surface area contributed by atoms with Crippen molar-refractivity contribution in [1.29, 1.82) is 0 Å². The molecule has 0 saturated carbocycles. The quantitative estimate of drug-likeness (QED) is 0.675. The first kappa shape index (κ1) is 15.7. The predicted molar refractivity (Wildman–Crippen MR) is 92.9 cm³/mol. The van der Waals surface area contributed by atoms with Gasteiger partial charge in [0.15, 0.2) is 0 Å². The summed E-state index contributed by atoms with van der Waals surface area (Å²) in [6, 6.07) is 15.3. The van der Waals surface area contributed by atoms with E-state index in [0.29, 0.717) is 5.69 Å². The largest absolute Gasteiger partial charge is 0.350 e. The molecule has 6 nitrogen and oxygen atoms in total. The number of aryl methyl sites for hydroxylation is 1. The fourth-order valence-electron chi connectivity index (χ4n) is 2.46. The van der Waals surface area contributed by atoms with Gasteiger partial charge in [-0.05, 0) is 24.4 Å². The number of nitrogens with zero attached hydrogens (tertiary/aromatic N) is 1. The first-order chi connectivity index (χ1) is 11.6. The lowest BCUT2D eigenvalue weighted by molar-refractivity contribution is -0.116. The van der Waals surface area contributed by atoms with Gasteiger partial charge >= 0.3 is 0 Å². The lowest BCUT2D eigenvalue weighted by Crippen LogP contribution is -2.28. The molecule has 1 heterocycles. The standard InChI is InChI=1S/C18H18N4O2/c1-12-11-16(22-21-12)18(24)19-10-9-17(23)20-15-8-4-6-13-5-2-3-7-14(13)15/h2-8,11H,9-10H2,1H3,(H,19,24)(H,20,23)(H,21,22). The van der Waals surface area contributed by atoms with E-state index in [2.05, 4.69) is 20.8 Å². The number of rotatable bonds is 5. The maximum Gasteiger partial charge on any atom is 0.271 e. The molecule has 0 aliphatic rings. The van der Waals surface area contributed by atoms with E-state index in [1.54, 1.807) is 6.07 Å². The third-order valence-electron chi connectivity index (χ3n) is 3.64. The summed E-state index contributed by atoms with van der Waals surface area (Å²) in [6.45, 7) is 2.07. The third kappa shape index (κ3) is 3.60. The molecule has 0 saturated heterocycles. The number of aromatic amines is 1. The number of fused-ring (bicyclic) bond motifs is 1. The summed E-state index contributed by atoms with van der Waals surface area (Å²) >= 11 is 0. The Morgan fingerprint density at radius 2 is 1.92 bits per heavy atom. The van der Waals surface area contributed by atoms with Crippen LogP contribution >= 0.6 is 0 Å². The SMILES string of the molecule is Cc1cc(C(=O)NCCC(=O)Nc2cccc3ccccc23)n[nH]1. The smallest absolute Gasteiger partial charge is 0.271 e. The number of H-pyrrole nitrogens is 1. The summed E-state index contributed by atoms with van der Waals surface area (Å²) in [5.41, 5.74) is 1.91. The highest BCUT2D eigenvalue weighted by molar-refractivity contribution is 6.02. The van der Waals surface area contributed by atoms with E-state index >= 15 is 0 Å². The van der Waals surface area contributed by atoms with Crippen molar-refractivity contribution in [2.24, 2.45) is 0 Å². The van der Waals surface area contributed by atoms with E-state index in [9.17, 15) is 9.59 Å². The van der Waals surface area contributed by atoms with Gasteiger partial charge in [-0.15, -0.1) is 0 Å². The molecule has 3 N–H and O–H groups in total. The Morgan fingerprint density at radius 3 is 2.71 bits per heavy atom. The Bertz CT molecular complexity index is 880. The van der Waals surface area contributed by atoms with Crippen LogP contribution in [0.1, 0.15) is 22.6 Å². The molecule has 0 aliphatic carbocycles. The number of carbonyl (C=O) groups excluding carboxylic acids is 2. The average Bonchev–Trinajstić information content (AvgIpc) is 3.02. The molecular formula is C18H18N4O2. The van der Waals surface area contributed by atoms with Crippen molar-refractivity contribution < 1.29 is 9.59 Å². The van der Waals surface area contributed by atoms with Crippen LogP contribution in [0.5, 0.6) is 0 Å². The van der Waals surface area contributed by atoms with E-state index in [4.69, 9.17) is 0 Å². The summed E-state index contributed by atoms with van der Waals surface area (Å²) in [6.07, 6.45) is 0.193. The maximum absolute atomic E-state index is 12.1. The maximum atomic E-state index is 12.1. The molecule has 0 fully saturated rings. The molecule has 0 atom stereocenters. The normalized spacial score (nSPS) is 10.5. The van der Waals surface area contributed by atoms with Gasteiger partial charge in [0.1, 0.15) is 5.69 Å². The van der Waals surface area contributed by atoms with Crippen LogP contribution in [0, 0.1) is 6.92 Å². The van der Waals surface area contributed by atoms with E-state index in [-0.39, 0.29) is 24.8 Å². The second-order valence-corrected chi connectivity index (χ2v) is 5.52. The second kappa shape index (κ2) is 6.95. The predicted octanol–water partition coefficient (Wildman–Crippen LogP) is 2.63. The van der Waals surface area contributed by atoms with E-state index in [1.807, 2.05) is 49.4 Å². The van der Waals surface area contributed by atoms with Gasteiger partial charge in [-0.1, -0.05) is 36.4 Å². The summed E-state index contributed by atoms with van der Waals surface area (Å²) in [5.74, 6) is -0.442. The molecule has 0 unspecified atom stereocenters. The number of hydrogen-bond donors (Lipinski definition) is 3. The van der Waals surface area contributed by atoms with Gasteiger partial charge in [0.2, 0.25) is 5.91 Å². The summed E-state index contributed by atoms with van der Waals surface area (Å²) < 4.78 is 0. The monoisotopic (exact) mass is 322 g/mol. The van der Waals surface area contributed by atoms with Crippen LogP contribution in [-0.4, -0.2) is 28.6 Å². The number of aromatic nitrogens is 2. The van der Waals surface area contributed by atoms with Crippen LogP contribution in [0.15, 0.2) is 48.5 Å². The zero-order chi connectivity index (χ0) is 16.9. The Hall–Kier alpha value is -3.15. The van der Waals surface area contributed by atoms with Crippen LogP contribution < -0.4 is 10.6 Å². The number of hydrogen-bond acceptors (Lipinski definition) is 3. The Kier molecular flexibility index (Phi) is 4.56. The van der Waals surface area contributed by atoms with Crippen molar-refractivity contribution in [3.05, 3.63) is 59.9 Å².